The molecular weight excluding hydrogens is 386 g/mol. The van der Waals surface area contributed by atoms with Crippen molar-refractivity contribution in [2.24, 2.45) is 5.92 Å². The van der Waals surface area contributed by atoms with Crippen molar-refractivity contribution in [1.82, 2.24) is 14.5 Å². The number of carbonyl (C=O) groups is 1. The summed E-state index contributed by atoms with van der Waals surface area (Å²) in [7, 11) is -3.51. The number of hydrogen-bond donors (Lipinski definition) is 1. The third-order valence-electron chi connectivity index (χ3n) is 5.46. The number of sulfonamides is 1. The summed E-state index contributed by atoms with van der Waals surface area (Å²) in [6.45, 7) is 3.00. The second kappa shape index (κ2) is 9.37. The largest absolute Gasteiger partial charge is 0.355 e. The molecule has 1 aromatic rings. The molecule has 1 N–H and O–H groups in total. The molecule has 2 aliphatic rings. The molecule has 27 heavy (non-hydrogen) atoms. The summed E-state index contributed by atoms with van der Waals surface area (Å²) in [5.74, 6) is 0.652. The predicted molar refractivity (Wildman–Crippen MR) is 106 cm³/mol. The molecule has 1 saturated carbocycles. The predicted octanol–water partition coefficient (Wildman–Crippen LogP) is 2.34. The Morgan fingerprint density at radius 2 is 1.67 bits per heavy atom. The zero-order chi connectivity index (χ0) is 19.3. The van der Waals surface area contributed by atoms with Gasteiger partial charge in [-0.2, -0.15) is 4.31 Å². The number of benzene rings is 1. The molecule has 1 saturated heterocycles. The van der Waals surface area contributed by atoms with Gasteiger partial charge in [0.25, 0.3) is 0 Å². The number of amides is 1. The molecule has 0 unspecified atom stereocenters. The van der Waals surface area contributed by atoms with Crippen molar-refractivity contribution < 1.29 is 13.2 Å². The Morgan fingerprint density at radius 1 is 1.04 bits per heavy atom. The van der Waals surface area contributed by atoms with Gasteiger partial charge in [-0.15, -0.1) is 0 Å². The van der Waals surface area contributed by atoms with Crippen LogP contribution in [0.15, 0.2) is 29.2 Å². The fraction of sp³-hybridized carbons (Fsp3) is 0.632. The summed E-state index contributed by atoms with van der Waals surface area (Å²) in [5.41, 5.74) is 0. The average molecular weight is 414 g/mol. The SMILES string of the molecule is O=C(CN1CCN(S(=O)(=O)c2ccc(Cl)cc2)CC1)NCC1CCCCC1. The fourth-order valence-corrected chi connectivity index (χ4v) is 5.34. The highest BCUT2D eigenvalue weighted by Crippen LogP contribution is 2.23. The maximum Gasteiger partial charge on any atom is 0.243 e. The number of nitrogens with one attached hydrogen (secondary N) is 1. The van der Waals surface area contributed by atoms with Crippen molar-refractivity contribution in [3.63, 3.8) is 0 Å². The van der Waals surface area contributed by atoms with E-state index < -0.39 is 10.0 Å². The highest BCUT2D eigenvalue weighted by molar-refractivity contribution is 7.89. The van der Waals surface area contributed by atoms with Crippen LogP contribution in [-0.4, -0.2) is 62.8 Å². The number of piperazine rings is 1. The molecule has 1 heterocycles. The quantitative estimate of drug-likeness (QED) is 0.777. The van der Waals surface area contributed by atoms with Crippen LogP contribution in [-0.2, 0) is 14.8 Å². The Bertz CT molecular complexity index is 725. The van der Waals surface area contributed by atoms with Crippen molar-refractivity contribution in [2.45, 2.75) is 37.0 Å². The first-order chi connectivity index (χ1) is 12.9. The summed E-state index contributed by atoms with van der Waals surface area (Å²) in [6, 6.07) is 6.23. The molecule has 0 spiro atoms. The van der Waals surface area contributed by atoms with Gasteiger partial charge in [-0.05, 0) is 43.0 Å². The standard InChI is InChI=1S/C19H28ClN3O3S/c20-17-6-8-18(9-7-17)27(25,26)23-12-10-22(11-13-23)15-19(24)21-14-16-4-2-1-3-5-16/h6-9,16H,1-5,10-15H2,(H,21,24). The molecular formula is C19H28ClN3O3S. The second-order valence-corrected chi connectivity index (χ2v) is 9.82. The van der Waals surface area contributed by atoms with E-state index in [1.165, 1.54) is 48.5 Å². The van der Waals surface area contributed by atoms with E-state index in [2.05, 4.69) is 5.32 Å². The molecule has 150 valence electrons. The highest BCUT2D eigenvalue weighted by atomic mass is 35.5. The summed E-state index contributed by atoms with van der Waals surface area (Å²) < 4.78 is 26.9. The molecule has 1 amide bonds. The summed E-state index contributed by atoms with van der Waals surface area (Å²) in [4.78, 5) is 14.5. The lowest BCUT2D eigenvalue weighted by Crippen LogP contribution is -2.51. The zero-order valence-corrected chi connectivity index (χ0v) is 17.1. The van der Waals surface area contributed by atoms with E-state index in [9.17, 15) is 13.2 Å². The molecule has 0 atom stereocenters. The molecule has 0 radical (unpaired) electrons. The minimum absolute atomic E-state index is 0.0366. The second-order valence-electron chi connectivity index (χ2n) is 7.44. The summed E-state index contributed by atoms with van der Waals surface area (Å²) >= 11 is 5.84. The molecule has 3 rings (SSSR count). The van der Waals surface area contributed by atoms with E-state index in [0.29, 0.717) is 43.7 Å². The Kier molecular flexibility index (Phi) is 7.14. The zero-order valence-electron chi connectivity index (χ0n) is 15.6. The first kappa shape index (κ1) is 20.6. The van der Waals surface area contributed by atoms with Crippen LogP contribution in [0.4, 0.5) is 0 Å². The topological polar surface area (TPSA) is 69.7 Å². The minimum atomic E-state index is -3.51. The van der Waals surface area contributed by atoms with Gasteiger partial charge in [0.15, 0.2) is 0 Å². The number of nitrogens with zero attached hydrogens (tertiary/aromatic N) is 2. The van der Waals surface area contributed by atoms with E-state index in [4.69, 9.17) is 11.6 Å². The van der Waals surface area contributed by atoms with E-state index >= 15 is 0 Å². The number of rotatable bonds is 6. The molecule has 0 aromatic heterocycles. The summed E-state index contributed by atoms with van der Waals surface area (Å²) in [5, 5.41) is 3.56. The normalized spacial score (nSPS) is 20.5. The minimum Gasteiger partial charge on any atom is -0.355 e. The molecule has 1 aliphatic heterocycles. The molecule has 2 fully saturated rings. The van der Waals surface area contributed by atoms with Gasteiger partial charge >= 0.3 is 0 Å². The third-order valence-corrected chi connectivity index (χ3v) is 7.63. The molecule has 8 heteroatoms. The molecule has 1 aliphatic carbocycles. The number of halogens is 1. The van der Waals surface area contributed by atoms with Crippen LogP contribution in [0.2, 0.25) is 5.02 Å². The molecule has 0 bridgehead atoms. The smallest absolute Gasteiger partial charge is 0.243 e. The van der Waals surface area contributed by atoms with Crippen LogP contribution < -0.4 is 5.32 Å². The lowest BCUT2D eigenvalue weighted by molar-refractivity contribution is -0.122. The van der Waals surface area contributed by atoms with E-state index in [1.807, 2.05) is 4.90 Å². The fourth-order valence-electron chi connectivity index (χ4n) is 3.79. The van der Waals surface area contributed by atoms with E-state index in [0.717, 1.165) is 6.54 Å². The molecule has 1 aromatic carbocycles. The van der Waals surface area contributed by atoms with Crippen molar-refractivity contribution in [1.29, 1.82) is 0 Å². The maximum atomic E-state index is 12.7. The van der Waals surface area contributed by atoms with Crippen LogP contribution in [0.25, 0.3) is 0 Å². The van der Waals surface area contributed by atoms with Gasteiger partial charge in [-0.1, -0.05) is 30.9 Å². The van der Waals surface area contributed by atoms with Gasteiger partial charge < -0.3 is 5.32 Å². The first-order valence-electron chi connectivity index (χ1n) is 9.70. The Balaban J connectivity index is 1.44. The van der Waals surface area contributed by atoms with E-state index in [-0.39, 0.29) is 10.8 Å². The molecule has 6 nitrogen and oxygen atoms in total. The van der Waals surface area contributed by atoms with E-state index in [1.54, 1.807) is 12.1 Å². The Morgan fingerprint density at radius 3 is 2.30 bits per heavy atom. The van der Waals surface area contributed by atoms with Crippen LogP contribution in [0.5, 0.6) is 0 Å². The number of carbonyl (C=O) groups excluding carboxylic acids is 1. The van der Waals surface area contributed by atoms with Gasteiger partial charge in [0, 0.05) is 37.7 Å². The Hall–Kier alpha value is -1.15. The lowest BCUT2D eigenvalue weighted by Gasteiger charge is -2.33. The lowest BCUT2D eigenvalue weighted by atomic mass is 9.89. The average Bonchev–Trinajstić information content (AvgIpc) is 2.68. The van der Waals surface area contributed by atoms with Gasteiger partial charge in [-0.25, -0.2) is 8.42 Å². The van der Waals surface area contributed by atoms with Gasteiger partial charge in [-0.3, -0.25) is 9.69 Å². The van der Waals surface area contributed by atoms with Gasteiger partial charge in [0.05, 0.1) is 11.4 Å². The first-order valence-corrected chi connectivity index (χ1v) is 11.5. The van der Waals surface area contributed by atoms with Crippen LogP contribution in [0.1, 0.15) is 32.1 Å². The van der Waals surface area contributed by atoms with Crippen molar-refractivity contribution >= 4 is 27.5 Å². The van der Waals surface area contributed by atoms with Crippen molar-refractivity contribution in [3.8, 4) is 0 Å². The van der Waals surface area contributed by atoms with Crippen LogP contribution >= 0.6 is 11.6 Å². The van der Waals surface area contributed by atoms with Gasteiger partial charge in [0.1, 0.15) is 0 Å². The Labute approximate surface area is 166 Å². The third kappa shape index (κ3) is 5.67. The number of hydrogen-bond acceptors (Lipinski definition) is 4. The van der Waals surface area contributed by atoms with Crippen LogP contribution in [0.3, 0.4) is 0 Å². The summed E-state index contributed by atoms with van der Waals surface area (Å²) in [6.07, 6.45) is 6.27. The highest BCUT2D eigenvalue weighted by Gasteiger charge is 2.29. The van der Waals surface area contributed by atoms with Crippen molar-refractivity contribution in [2.75, 3.05) is 39.3 Å². The van der Waals surface area contributed by atoms with Gasteiger partial charge in [0.2, 0.25) is 15.9 Å². The van der Waals surface area contributed by atoms with Crippen LogP contribution in [0, 0.1) is 5.92 Å². The maximum absolute atomic E-state index is 12.7. The monoisotopic (exact) mass is 413 g/mol. The van der Waals surface area contributed by atoms with Crippen molar-refractivity contribution in [3.05, 3.63) is 29.3 Å².